The number of ether oxygens (including phenoxy) is 1. The Morgan fingerprint density at radius 1 is 1.00 bits per heavy atom. The first-order chi connectivity index (χ1) is 16.5. The molecule has 4 aromatic rings. The summed E-state index contributed by atoms with van der Waals surface area (Å²) in [4.78, 5) is 24.5. The van der Waals surface area contributed by atoms with Crippen molar-refractivity contribution in [3.8, 4) is 22.8 Å². The predicted octanol–water partition coefficient (Wildman–Crippen LogP) is 5.53. The van der Waals surface area contributed by atoms with Crippen molar-refractivity contribution in [3.05, 3.63) is 83.4 Å². The Labute approximate surface area is 206 Å². The topological polar surface area (TPSA) is 86.1 Å². The Morgan fingerprint density at radius 3 is 2.41 bits per heavy atom. The molecule has 1 aromatic heterocycles. The minimum Gasteiger partial charge on any atom is -0.497 e. The first kappa shape index (κ1) is 23.5. The van der Waals surface area contributed by atoms with E-state index in [1.807, 2.05) is 47.0 Å². The summed E-state index contributed by atoms with van der Waals surface area (Å²) in [5, 5.41) is 12.6. The van der Waals surface area contributed by atoms with Gasteiger partial charge in [-0.2, -0.15) is 0 Å². The number of benzene rings is 3. The lowest BCUT2D eigenvalue weighted by molar-refractivity contribution is -0.113. The number of methoxy groups -OCH3 is 1. The second kappa shape index (κ2) is 10.5. The first-order valence-electron chi connectivity index (χ1n) is 10.4. The van der Waals surface area contributed by atoms with Gasteiger partial charge in [0.2, 0.25) is 5.91 Å². The van der Waals surface area contributed by atoms with E-state index in [1.54, 1.807) is 37.4 Å². The number of thioether (sulfide) groups is 1. The van der Waals surface area contributed by atoms with Crippen LogP contribution in [0.25, 0.3) is 17.1 Å². The average Bonchev–Trinajstić information content (AvgIpc) is 3.27. The number of halogens is 1. The minimum absolute atomic E-state index is 0.0725. The molecular formula is C25H21ClN4O3S. The van der Waals surface area contributed by atoms with Gasteiger partial charge in [0, 0.05) is 16.8 Å². The molecule has 4 rings (SSSR count). The van der Waals surface area contributed by atoms with E-state index >= 15 is 0 Å². The number of carbonyl (C=O) groups is 2. The van der Waals surface area contributed by atoms with Gasteiger partial charge in [0.05, 0.1) is 23.6 Å². The van der Waals surface area contributed by atoms with Gasteiger partial charge in [0.25, 0.3) is 0 Å². The number of Topliss-reactive ketones (excluding diaryl/α,β-unsaturated/α-hetero) is 1. The van der Waals surface area contributed by atoms with Crippen molar-refractivity contribution < 1.29 is 14.3 Å². The van der Waals surface area contributed by atoms with Crippen molar-refractivity contribution in [3.63, 3.8) is 0 Å². The summed E-state index contributed by atoms with van der Waals surface area (Å²) in [5.41, 5.74) is 2.46. The lowest BCUT2D eigenvalue weighted by Crippen LogP contribution is -2.16. The fourth-order valence-corrected chi connectivity index (χ4v) is 4.33. The number of anilines is 1. The normalized spacial score (nSPS) is 10.7. The molecule has 0 aliphatic heterocycles. The van der Waals surface area contributed by atoms with E-state index < -0.39 is 0 Å². The van der Waals surface area contributed by atoms with E-state index in [-0.39, 0.29) is 17.4 Å². The maximum Gasteiger partial charge on any atom is 0.234 e. The fourth-order valence-electron chi connectivity index (χ4n) is 3.36. The molecule has 9 heteroatoms. The number of aromatic nitrogens is 3. The predicted molar refractivity (Wildman–Crippen MR) is 134 cm³/mol. The Morgan fingerprint density at radius 2 is 1.71 bits per heavy atom. The quantitative estimate of drug-likeness (QED) is 0.257. The van der Waals surface area contributed by atoms with Crippen LogP contribution in [0.3, 0.4) is 0 Å². The number of rotatable bonds is 8. The summed E-state index contributed by atoms with van der Waals surface area (Å²) in [6.45, 7) is 1.47. The zero-order valence-electron chi connectivity index (χ0n) is 18.5. The maximum atomic E-state index is 12.7. The van der Waals surface area contributed by atoms with Crippen LogP contribution in [-0.2, 0) is 4.79 Å². The van der Waals surface area contributed by atoms with E-state index in [2.05, 4.69) is 15.5 Å². The third-order valence-corrected chi connectivity index (χ3v) is 6.25. The highest BCUT2D eigenvalue weighted by molar-refractivity contribution is 7.99. The molecule has 0 aliphatic carbocycles. The maximum absolute atomic E-state index is 12.7. The first-order valence-corrected chi connectivity index (χ1v) is 11.7. The van der Waals surface area contributed by atoms with Gasteiger partial charge >= 0.3 is 0 Å². The second-order valence-electron chi connectivity index (χ2n) is 7.26. The number of carbonyl (C=O) groups excluding carboxylic acids is 2. The Balaban J connectivity index is 1.62. The molecule has 0 radical (unpaired) electrons. The molecule has 0 bridgehead atoms. The molecular weight excluding hydrogens is 472 g/mol. The lowest BCUT2D eigenvalue weighted by Gasteiger charge is -2.12. The summed E-state index contributed by atoms with van der Waals surface area (Å²) in [6, 6.07) is 21.7. The van der Waals surface area contributed by atoms with Crippen molar-refractivity contribution in [1.82, 2.24) is 14.8 Å². The van der Waals surface area contributed by atoms with Gasteiger partial charge < -0.3 is 10.1 Å². The van der Waals surface area contributed by atoms with Crippen molar-refractivity contribution in [2.45, 2.75) is 12.1 Å². The molecule has 0 unspecified atom stereocenters. The van der Waals surface area contributed by atoms with Crippen molar-refractivity contribution in [2.75, 3.05) is 18.2 Å². The third-order valence-electron chi connectivity index (χ3n) is 4.99. The van der Waals surface area contributed by atoms with Crippen molar-refractivity contribution in [2.24, 2.45) is 0 Å². The van der Waals surface area contributed by atoms with E-state index in [0.29, 0.717) is 33.0 Å². The molecule has 0 atom stereocenters. The SMILES string of the molecule is COc1ccc(-n2c(SCC(=O)Nc3ccccc3C(C)=O)nnc2-c2ccccc2Cl)cc1. The number of nitrogens with zero attached hydrogens (tertiary/aromatic N) is 3. The standard InChI is InChI=1S/C25H21ClN4O3S/c1-16(31)19-7-4-6-10-22(19)27-23(32)15-34-25-29-28-24(20-8-3-5-9-21(20)26)30(25)17-11-13-18(33-2)14-12-17/h3-14H,15H2,1-2H3,(H,27,32). The average molecular weight is 493 g/mol. The highest BCUT2D eigenvalue weighted by Crippen LogP contribution is 2.32. The molecule has 34 heavy (non-hydrogen) atoms. The molecule has 0 fully saturated rings. The van der Waals surface area contributed by atoms with Crippen molar-refractivity contribution >= 4 is 40.7 Å². The highest BCUT2D eigenvalue weighted by atomic mass is 35.5. The zero-order chi connectivity index (χ0) is 24.1. The van der Waals surface area contributed by atoms with Gasteiger partial charge in [-0.25, -0.2) is 0 Å². The number of amides is 1. The van der Waals surface area contributed by atoms with Gasteiger partial charge in [-0.3, -0.25) is 14.2 Å². The van der Waals surface area contributed by atoms with Crippen molar-refractivity contribution in [1.29, 1.82) is 0 Å². The van der Waals surface area contributed by atoms with Crippen LogP contribution in [0.4, 0.5) is 5.69 Å². The highest BCUT2D eigenvalue weighted by Gasteiger charge is 2.19. The number of para-hydroxylation sites is 1. The molecule has 0 aliphatic rings. The van der Waals surface area contributed by atoms with Crippen LogP contribution in [0, 0.1) is 0 Å². The van der Waals surface area contributed by atoms with Crippen LogP contribution < -0.4 is 10.1 Å². The van der Waals surface area contributed by atoms with Crippen LogP contribution in [-0.4, -0.2) is 39.3 Å². The van der Waals surface area contributed by atoms with E-state index in [4.69, 9.17) is 16.3 Å². The molecule has 1 amide bonds. The lowest BCUT2D eigenvalue weighted by atomic mass is 10.1. The van der Waals surface area contributed by atoms with Crippen LogP contribution in [0.1, 0.15) is 17.3 Å². The fraction of sp³-hybridized carbons (Fsp3) is 0.120. The number of hydrogen-bond donors (Lipinski definition) is 1. The van der Waals surface area contributed by atoms with Gasteiger partial charge in [0.1, 0.15) is 5.75 Å². The summed E-state index contributed by atoms with van der Waals surface area (Å²) in [7, 11) is 1.60. The molecule has 7 nitrogen and oxygen atoms in total. The van der Waals surface area contributed by atoms with Crippen LogP contribution in [0.2, 0.25) is 5.02 Å². The van der Waals surface area contributed by atoms with Crippen LogP contribution in [0.5, 0.6) is 5.75 Å². The monoisotopic (exact) mass is 492 g/mol. The van der Waals surface area contributed by atoms with E-state index in [1.165, 1.54) is 18.7 Å². The Hall–Kier alpha value is -3.62. The summed E-state index contributed by atoms with van der Waals surface area (Å²) in [6.07, 6.45) is 0. The second-order valence-corrected chi connectivity index (χ2v) is 8.61. The smallest absolute Gasteiger partial charge is 0.234 e. The summed E-state index contributed by atoms with van der Waals surface area (Å²) < 4.78 is 7.12. The molecule has 0 spiro atoms. The Bertz CT molecular complexity index is 1340. The van der Waals surface area contributed by atoms with Gasteiger partial charge in [-0.05, 0) is 55.5 Å². The molecule has 0 saturated carbocycles. The summed E-state index contributed by atoms with van der Waals surface area (Å²) in [5.74, 6) is 0.965. The Kier molecular flexibility index (Phi) is 7.30. The van der Waals surface area contributed by atoms with E-state index in [9.17, 15) is 9.59 Å². The summed E-state index contributed by atoms with van der Waals surface area (Å²) >= 11 is 7.67. The minimum atomic E-state index is -0.262. The number of hydrogen-bond acceptors (Lipinski definition) is 6. The van der Waals surface area contributed by atoms with Gasteiger partial charge in [-0.15, -0.1) is 10.2 Å². The molecule has 1 heterocycles. The van der Waals surface area contributed by atoms with E-state index in [0.717, 1.165) is 11.3 Å². The number of nitrogens with one attached hydrogen (secondary N) is 1. The zero-order valence-corrected chi connectivity index (χ0v) is 20.1. The van der Waals surface area contributed by atoms with Gasteiger partial charge in [0.15, 0.2) is 16.8 Å². The molecule has 172 valence electrons. The largest absolute Gasteiger partial charge is 0.497 e. The van der Waals surface area contributed by atoms with Gasteiger partial charge in [-0.1, -0.05) is 47.6 Å². The number of ketones is 1. The van der Waals surface area contributed by atoms with Crippen LogP contribution in [0.15, 0.2) is 78.0 Å². The molecule has 1 N–H and O–H groups in total. The molecule has 3 aromatic carbocycles. The third kappa shape index (κ3) is 5.13. The van der Waals surface area contributed by atoms with Crippen LogP contribution >= 0.6 is 23.4 Å². The molecule has 0 saturated heterocycles.